The number of hydrogen-bond donors (Lipinski definition) is 2. The summed E-state index contributed by atoms with van der Waals surface area (Å²) in [5.41, 5.74) is 8.33. The van der Waals surface area contributed by atoms with Gasteiger partial charge in [0.05, 0.1) is 0 Å². The van der Waals surface area contributed by atoms with Gasteiger partial charge in [0.2, 0.25) is 0 Å². The molecule has 1 fully saturated rings. The number of likely N-dealkylation sites (N-methyl/N-ethyl adjacent to an activating group) is 1. The number of aliphatic imine (C=N–C) groups is 1. The van der Waals surface area contributed by atoms with Crippen LogP contribution >= 0.6 is 0 Å². The van der Waals surface area contributed by atoms with Gasteiger partial charge in [-0.3, -0.25) is 4.99 Å². The van der Waals surface area contributed by atoms with Gasteiger partial charge in [0, 0.05) is 25.3 Å². The van der Waals surface area contributed by atoms with Gasteiger partial charge in [0.15, 0.2) is 5.96 Å². The summed E-state index contributed by atoms with van der Waals surface area (Å²) in [5.74, 6) is 1.02. The summed E-state index contributed by atoms with van der Waals surface area (Å²) in [6.07, 6.45) is 2.31. The number of nitrogens with one attached hydrogen (secondary N) is 1. The van der Waals surface area contributed by atoms with Gasteiger partial charge in [-0.2, -0.15) is 0 Å². The zero-order chi connectivity index (χ0) is 17.4. The van der Waals surface area contributed by atoms with Crippen LogP contribution in [0.1, 0.15) is 38.2 Å². The first kappa shape index (κ1) is 18.7. The first-order chi connectivity index (χ1) is 11.5. The standard InChI is InChI=1S/C19H33N5/c1-16(2)17-7-4-8-18(15-17)22-19(20)21-9-5-11-24-12-6-10-23(3)13-14-24/h4,7-8,15-16H,5-6,9-14H2,1-3H3,(H3,20,21,22). The Hall–Kier alpha value is -1.59. The maximum atomic E-state index is 6.01. The Morgan fingerprint density at radius 2 is 2.08 bits per heavy atom. The summed E-state index contributed by atoms with van der Waals surface area (Å²) in [6.45, 7) is 11.0. The number of nitrogens with two attached hydrogens (primary N) is 1. The summed E-state index contributed by atoms with van der Waals surface area (Å²) in [6, 6.07) is 8.37. The molecule has 1 heterocycles. The van der Waals surface area contributed by atoms with Crippen molar-refractivity contribution >= 4 is 11.6 Å². The van der Waals surface area contributed by atoms with Gasteiger partial charge in [-0.05, 0) is 63.1 Å². The van der Waals surface area contributed by atoms with Crippen LogP contribution in [-0.2, 0) is 0 Å². The van der Waals surface area contributed by atoms with E-state index < -0.39 is 0 Å². The Balaban J connectivity index is 1.73. The van der Waals surface area contributed by atoms with Crippen molar-refractivity contribution in [1.29, 1.82) is 0 Å². The minimum absolute atomic E-state index is 0.506. The second-order valence-electron chi connectivity index (χ2n) is 7.02. The largest absolute Gasteiger partial charge is 0.370 e. The minimum atomic E-state index is 0.506. The molecule has 0 unspecified atom stereocenters. The van der Waals surface area contributed by atoms with E-state index in [0.29, 0.717) is 11.9 Å². The van der Waals surface area contributed by atoms with E-state index in [-0.39, 0.29) is 0 Å². The number of guanidine groups is 1. The van der Waals surface area contributed by atoms with Crippen LogP contribution in [0.4, 0.5) is 5.69 Å². The van der Waals surface area contributed by atoms with Crippen LogP contribution in [0.5, 0.6) is 0 Å². The van der Waals surface area contributed by atoms with Crippen molar-refractivity contribution in [3.63, 3.8) is 0 Å². The van der Waals surface area contributed by atoms with Crippen molar-refractivity contribution in [3.05, 3.63) is 29.8 Å². The zero-order valence-electron chi connectivity index (χ0n) is 15.5. The summed E-state index contributed by atoms with van der Waals surface area (Å²) in [7, 11) is 2.20. The third-order valence-corrected chi connectivity index (χ3v) is 4.55. The summed E-state index contributed by atoms with van der Waals surface area (Å²) in [4.78, 5) is 9.41. The van der Waals surface area contributed by atoms with Crippen molar-refractivity contribution in [2.75, 3.05) is 51.6 Å². The van der Waals surface area contributed by atoms with Crippen LogP contribution in [0.25, 0.3) is 0 Å². The van der Waals surface area contributed by atoms with Gasteiger partial charge in [-0.15, -0.1) is 0 Å². The molecule has 1 aromatic carbocycles. The van der Waals surface area contributed by atoms with Crippen LogP contribution in [0.2, 0.25) is 0 Å². The molecule has 1 aromatic rings. The molecular weight excluding hydrogens is 298 g/mol. The quantitative estimate of drug-likeness (QED) is 0.478. The van der Waals surface area contributed by atoms with E-state index in [2.05, 4.69) is 59.2 Å². The fraction of sp³-hybridized carbons (Fsp3) is 0.632. The van der Waals surface area contributed by atoms with Crippen LogP contribution in [0.15, 0.2) is 29.3 Å². The van der Waals surface area contributed by atoms with Crippen LogP contribution < -0.4 is 11.1 Å². The third-order valence-electron chi connectivity index (χ3n) is 4.55. The average Bonchev–Trinajstić information content (AvgIpc) is 2.76. The Labute approximate surface area is 146 Å². The predicted molar refractivity (Wildman–Crippen MR) is 104 cm³/mol. The SMILES string of the molecule is CC(C)c1cccc(NC(N)=NCCCN2CCCN(C)CC2)c1. The molecule has 5 heteroatoms. The topological polar surface area (TPSA) is 56.9 Å². The molecule has 2 rings (SSSR count). The maximum absolute atomic E-state index is 6.01. The molecule has 0 aromatic heterocycles. The lowest BCUT2D eigenvalue weighted by Crippen LogP contribution is -2.30. The predicted octanol–water partition coefficient (Wildman–Crippen LogP) is 2.56. The zero-order valence-corrected chi connectivity index (χ0v) is 15.5. The highest BCUT2D eigenvalue weighted by atomic mass is 15.2. The highest BCUT2D eigenvalue weighted by Gasteiger charge is 2.11. The van der Waals surface area contributed by atoms with E-state index in [0.717, 1.165) is 31.7 Å². The highest BCUT2D eigenvalue weighted by molar-refractivity contribution is 5.92. The lowest BCUT2D eigenvalue weighted by molar-refractivity contribution is 0.275. The number of nitrogens with zero attached hydrogens (tertiary/aromatic N) is 3. The van der Waals surface area contributed by atoms with Crippen molar-refractivity contribution in [2.45, 2.75) is 32.6 Å². The van der Waals surface area contributed by atoms with Gasteiger partial charge in [0.1, 0.15) is 0 Å². The Morgan fingerprint density at radius 3 is 2.88 bits per heavy atom. The Kier molecular flexibility index (Phi) is 7.53. The fourth-order valence-electron chi connectivity index (χ4n) is 2.98. The van der Waals surface area contributed by atoms with Gasteiger partial charge < -0.3 is 20.9 Å². The van der Waals surface area contributed by atoms with Gasteiger partial charge >= 0.3 is 0 Å². The molecule has 3 N–H and O–H groups in total. The summed E-state index contributed by atoms with van der Waals surface area (Å²) >= 11 is 0. The smallest absolute Gasteiger partial charge is 0.193 e. The van der Waals surface area contributed by atoms with E-state index in [9.17, 15) is 0 Å². The normalized spacial score (nSPS) is 17.9. The monoisotopic (exact) mass is 331 g/mol. The van der Waals surface area contributed by atoms with E-state index in [1.54, 1.807) is 0 Å². The third kappa shape index (κ3) is 6.49. The second kappa shape index (κ2) is 9.64. The molecule has 0 radical (unpaired) electrons. The van der Waals surface area contributed by atoms with Gasteiger partial charge in [-0.25, -0.2) is 0 Å². The van der Waals surface area contributed by atoms with Crippen LogP contribution in [0.3, 0.4) is 0 Å². The molecule has 0 bridgehead atoms. The van der Waals surface area contributed by atoms with E-state index >= 15 is 0 Å². The maximum Gasteiger partial charge on any atom is 0.193 e. The molecule has 134 valence electrons. The molecule has 0 saturated carbocycles. The van der Waals surface area contributed by atoms with E-state index in [1.807, 2.05) is 6.07 Å². The highest BCUT2D eigenvalue weighted by Crippen LogP contribution is 2.18. The molecule has 5 nitrogen and oxygen atoms in total. The second-order valence-corrected chi connectivity index (χ2v) is 7.02. The average molecular weight is 332 g/mol. The van der Waals surface area contributed by atoms with Gasteiger partial charge in [0.25, 0.3) is 0 Å². The van der Waals surface area contributed by atoms with Crippen LogP contribution in [-0.4, -0.2) is 62.1 Å². The summed E-state index contributed by atoms with van der Waals surface area (Å²) < 4.78 is 0. The number of benzene rings is 1. The molecule has 1 aliphatic rings. The van der Waals surface area contributed by atoms with Crippen molar-refractivity contribution < 1.29 is 0 Å². The molecule has 1 aliphatic heterocycles. The number of anilines is 1. The summed E-state index contributed by atoms with van der Waals surface area (Å²) in [5, 5.41) is 3.20. The molecular formula is C19H33N5. The fourth-order valence-corrected chi connectivity index (χ4v) is 2.98. The molecule has 0 aliphatic carbocycles. The van der Waals surface area contributed by atoms with Gasteiger partial charge in [-0.1, -0.05) is 26.0 Å². The first-order valence-electron chi connectivity index (χ1n) is 9.12. The minimum Gasteiger partial charge on any atom is -0.370 e. The number of rotatable bonds is 6. The van der Waals surface area contributed by atoms with Crippen molar-refractivity contribution in [3.8, 4) is 0 Å². The van der Waals surface area contributed by atoms with E-state index in [1.165, 1.54) is 31.6 Å². The van der Waals surface area contributed by atoms with Crippen molar-refractivity contribution in [2.24, 2.45) is 10.7 Å². The van der Waals surface area contributed by atoms with Crippen LogP contribution in [0, 0.1) is 0 Å². The number of hydrogen-bond acceptors (Lipinski definition) is 3. The lowest BCUT2D eigenvalue weighted by Gasteiger charge is -2.19. The Morgan fingerprint density at radius 1 is 1.25 bits per heavy atom. The Bertz CT molecular complexity index is 526. The van der Waals surface area contributed by atoms with E-state index in [4.69, 9.17) is 5.73 Å². The first-order valence-corrected chi connectivity index (χ1v) is 9.12. The molecule has 0 amide bonds. The molecule has 0 spiro atoms. The lowest BCUT2D eigenvalue weighted by atomic mass is 10.0. The van der Waals surface area contributed by atoms with Crippen molar-refractivity contribution in [1.82, 2.24) is 9.80 Å². The molecule has 1 saturated heterocycles. The molecule has 0 atom stereocenters. The molecule has 24 heavy (non-hydrogen) atoms.